The molecule has 0 nitrogen and oxygen atoms in total. The maximum atomic E-state index is 10.8. The van der Waals surface area contributed by atoms with Crippen molar-refractivity contribution in [3.05, 3.63) is 6.43 Å². The Morgan fingerprint density at radius 2 is 1.50 bits per heavy atom. The van der Waals surface area contributed by atoms with Gasteiger partial charge in [0.1, 0.15) is 0 Å². The topological polar surface area (TPSA) is 0 Å². The van der Waals surface area contributed by atoms with E-state index >= 15 is 0 Å². The second-order valence-corrected chi connectivity index (χ2v) is 1.13. The highest BCUT2D eigenvalue weighted by Crippen LogP contribution is 2.26. The van der Waals surface area contributed by atoms with Gasteiger partial charge in [-0.05, 0) is 6.42 Å². The lowest BCUT2D eigenvalue weighted by atomic mass is 10.4. The van der Waals surface area contributed by atoms with Gasteiger partial charge in [0.2, 0.25) is 0 Å². The molecule has 0 fully saturated rings. The lowest BCUT2D eigenvalue weighted by Gasteiger charge is -2.12. The molecule has 0 spiro atoms. The predicted molar refractivity (Wildman–Crippen MR) is 16.1 cm³/mol. The Bertz CT molecular complexity index is 62.6. The van der Waals surface area contributed by atoms with Crippen LogP contribution in [0.15, 0.2) is 0 Å². The fourth-order valence-corrected chi connectivity index (χ4v) is 0.152. The molecule has 0 aromatic heterocycles. The normalized spacial score (nSPS) is 12.8. The van der Waals surface area contributed by atoms with Gasteiger partial charge in [0.25, 0.3) is 0 Å². The highest BCUT2D eigenvalue weighted by Gasteiger charge is 2.24. The Morgan fingerprint density at radius 3 is 1.50 bits per heavy atom. The molecular weight excluding hydrogens is 131 g/mol. The first kappa shape index (κ1) is 7.65. The molecule has 50 valence electrons. The summed E-state index contributed by atoms with van der Waals surface area (Å²) in [5, 5.41) is 0. The molecule has 0 heterocycles. The number of halogens is 5. The molecule has 0 unspecified atom stereocenters. The highest BCUT2D eigenvalue weighted by atomic mass is 19.4. The van der Waals surface area contributed by atoms with Gasteiger partial charge < -0.3 is 8.78 Å². The highest BCUT2D eigenvalue weighted by molar-refractivity contribution is 4.65. The van der Waals surface area contributed by atoms with Crippen molar-refractivity contribution in [1.82, 2.24) is 0 Å². The van der Waals surface area contributed by atoms with Crippen LogP contribution in [0.1, 0.15) is 6.42 Å². The Hall–Kier alpha value is -0.350. The maximum Gasteiger partial charge on any atom is 0.367 e. The summed E-state index contributed by atoms with van der Waals surface area (Å²) < 4.78 is 53.9. The molecule has 0 aromatic carbocycles. The molecule has 5 heteroatoms. The van der Waals surface area contributed by atoms with Crippen molar-refractivity contribution in [2.75, 3.05) is 0 Å². The quantitative estimate of drug-likeness (QED) is 0.380. The minimum Gasteiger partial charge on any atom is -0.421 e. The van der Waals surface area contributed by atoms with Gasteiger partial charge in [-0.2, -0.15) is 13.2 Å². The summed E-state index contributed by atoms with van der Waals surface area (Å²) in [6.45, 7) is 0. The van der Waals surface area contributed by atoms with Gasteiger partial charge >= 0.3 is 6.18 Å². The van der Waals surface area contributed by atoms with Gasteiger partial charge in [0.05, 0.1) is 0 Å². The molecule has 0 N–H and O–H groups in total. The smallest absolute Gasteiger partial charge is 0.367 e. The van der Waals surface area contributed by atoms with Crippen LogP contribution in [0.4, 0.5) is 22.0 Å². The SMILES string of the molecule is F[C-](F)CC(F)(F)F. The summed E-state index contributed by atoms with van der Waals surface area (Å²) in [4.78, 5) is 0. The van der Waals surface area contributed by atoms with Crippen LogP contribution < -0.4 is 0 Å². The van der Waals surface area contributed by atoms with Crippen molar-refractivity contribution in [1.29, 1.82) is 0 Å². The van der Waals surface area contributed by atoms with Crippen molar-refractivity contribution in [2.45, 2.75) is 12.6 Å². The fourth-order valence-electron chi connectivity index (χ4n) is 0.152. The number of hydrogen-bond donors (Lipinski definition) is 0. The number of rotatable bonds is 1. The minimum absolute atomic E-state index is 2.09. The van der Waals surface area contributed by atoms with Crippen molar-refractivity contribution in [2.24, 2.45) is 0 Å². The van der Waals surface area contributed by atoms with Crippen molar-refractivity contribution >= 4 is 0 Å². The fraction of sp³-hybridized carbons (Fsp3) is 0.667. The summed E-state index contributed by atoms with van der Waals surface area (Å²) in [6, 6.07) is 0. The molecule has 0 rings (SSSR count). The number of hydrogen-bond acceptors (Lipinski definition) is 0. The third-order valence-corrected chi connectivity index (χ3v) is 0.334. The largest absolute Gasteiger partial charge is 0.421 e. The second-order valence-electron chi connectivity index (χ2n) is 1.13. The van der Waals surface area contributed by atoms with Crippen molar-refractivity contribution in [3.63, 3.8) is 0 Å². The average Bonchev–Trinajstić information content (AvgIpc) is 1.21. The van der Waals surface area contributed by atoms with E-state index in [1.165, 1.54) is 0 Å². The molecule has 0 aliphatic carbocycles. The maximum absolute atomic E-state index is 10.8. The van der Waals surface area contributed by atoms with E-state index in [1.54, 1.807) is 0 Å². The minimum atomic E-state index is -4.77. The summed E-state index contributed by atoms with van der Waals surface area (Å²) in [5.41, 5.74) is 0. The zero-order valence-corrected chi connectivity index (χ0v) is 3.60. The monoisotopic (exact) mass is 133 g/mol. The molecule has 0 saturated heterocycles. The van der Waals surface area contributed by atoms with Crippen LogP contribution >= 0.6 is 0 Å². The first-order valence-corrected chi connectivity index (χ1v) is 1.65. The average molecular weight is 133 g/mol. The van der Waals surface area contributed by atoms with Gasteiger partial charge in [-0.1, -0.05) is 0 Å². The van der Waals surface area contributed by atoms with E-state index in [9.17, 15) is 22.0 Å². The molecule has 0 aliphatic heterocycles. The first-order chi connectivity index (χ1) is 3.42. The van der Waals surface area contributed by atoms with Crippen molar-refractivity contribution < 1.29 is 22.0 Å². The van der Waals surface area contributed by atoms with E-state index in [0.29, 0.717) is 0 Å². The Balaban J connectivity index is 3.39. The molecule has 0 aromatic rings. The Morgan fingerprint density at radius 1 is 1.12 bits per heavy atom. The zero-order valence-electron chi connectivity index (χ0n) is 3.60. The van der Waals surface area contributed by atoms with Gasteiger partial charge in [0, 0.05) is 6.43 Å². The van der Waals surface area contributed by atoms with Crippen LogP contribution in [0.3, 0.4) is 0 Å². The summed E-state index contributed by atoms with van der Waals surface area (Å²) >= 11 is 0. The van der Waals surface area contributed by atoms with Crippen LogP contribution in [0.5, 0.6) is 0 Å². The van der Waals surface area contributed by atoms with Crippen LogP contribution in [0.2, 0.25) is 0 Å². The molecule has 0 atom stereocenters. The van der Waals surface area contributed by atoms with Crippen LogP contribution in [-0.2, 0) is 0 Å². The van der Waals surface area contributed by atoms with E-state index in [2.05, 4.69) is 0 Å². The molecule has 0 saturated carbocycles. The standard InChI is InChI=1S/C3H2F5/c4-2(5)1-3(6,7)8/h1H2/q-1. The van der Waals surface area contributed by atoms with Crippen LogP contribution in [-0.4, -0.2) is 6.18 Å². The van der Waals surface area contributed by atoms with E-state index in [4.69, 9.17) is 0 Å². The zero-order chi connectivity index (χ0) is 6.78. The van der Waals surface area contributed by atoms with Gasteiger partial charge in [0.15, 0.2) is 0 Å². The lowest BCUT2D eigenvalue weighted by molar-refractivity contribution is -0.142. The molecular formula is C3H2F5-. The number of alkyl halides is 3. The predicted octanol–water partition coefficient (Wildman–Crippen LogP) is 2.37. The van der Waals surface area contributed by atoms with Crippen LogP contribution in [0.25, 0.3) is 0 Å². The summed E-state index contributed by atoms with van der Waals surface area (Å²) in [7, 11) is 0. The Kier molecular flexibility index (Phi) is 2.18. The molecule has 8 heavy (non-hydrogen) atoms. The van der Waals surface area contributed by atoms with E-state index in [1.807, 2.05) is 0 Å². The first-order valence-electron chi connectivity index (χ1n) is 1.65. The molecule has 0 radical (unpaired) electrons. The third kappa shape index (κ3) is 5.65. The van der Waals surface area contributed by atoms with Gasteiger partial charge in [-0.15, -0.1) is 0 Å². The summed E-state index contributed by atoms with van der Waals surface area (Å²) in [6.07, 6.45) is -9.45. The molecule has 0 amide bonds. The van der Waals surface area contributed by atoms with Gasteiger partial charge in [-0.3, -0.25) is 0 Å². The molecule has 0 bridgehead atoms. The van der Waals surface area contributed by atoms with Gasteiger partial charge in [-0.25, -0.2) is 0 Å². The molecule has 0 aliphatic rings. The third-order valence-electron chi connectivity index (χ3n) is 0.334. The van der Waals surface area contributed by atoms with E-state index < -0.39 is 19.0 Å². The second kappa shape index (κ2) is 2.28. The van der Waals surface area contributed by atoms with E-state index in [0.717, 1.165) is 0 Å². The van der Waals surface area contributed by atoms with Crippen molar-refractivity contribution in [3.8, 4) is 0 Å². The lowest BCUT2D eigenvalue weighted by Crippen LogP contribution is -2.08. The Labute approximate surface area is 42.3 Å². The van der Waals surface area contributed by atoms with E-state index in [-0.39, 0.29) is 0 Å². The van der Waals surface area contributed by atoms with Crippen LogP contribution in [0, 0.1) is 6.43 Å². The summed E-state index contributed by atoms with van der Waals surface area (Å²) in [5.74, 6) is 0.